The van der Waals surface area contributed by atoms with Gasteiger partial charge in [-0.3, -0.25) is 9.59 Å². The highest BCUT2D eigenvalue weighted by atomic mass is 35.5. The van der Waals surface area contributed by atoms with Crippen molar-refractivity contribution in [3.05, 3.63) is 22.8 Å². The van der Waals surface area contributed by atoms with Gasteiger partial charge in [-0.1, -0.05) is 11.6 Å². The molecule has 1 saturated heterocycles. The topological polar surface area (TPSA) is 88.3 Å². The smallest absolute Gasteiger partial charge is 0.254 e. The van der Waals surface area contributed by atoms with Gasteiger partial charge >= 0.3 is 0 Å². The lowest BCUT2D eigenvalue weighted by Gasteiger charge is -2.26. The van der Waals surface area contributed by atoms with Gasteiger partial charge in [-0.25, -0.2) is 4.98 Å². The van der Waals surface area contributed by atoms with Crippen molar-refractivity contribution >= 4 is 29.2 Å². The van der Waals surface area contributed by atoms with Crippen LogP contribution in [0, 0.1) is 0 Å². The van der Waals surface area contributed by atoms with Gasteiger partial charge in [0.15, 0.2) is 0 Å². The van der Waals surface area contributed by atoms with Crippen molar-refractivity contribution in [2.24, 2.45) is 0 Å². The summed E-state index contributed by atoms with van der Waals surface area (Å²) < 4.78 is 0. The van der Waals surface area contributed by atoms with E-state index in [1.54, 1.807) is 0 Å². The number of halogens is 1. The second-order valence-corrected chi connectivity index (χ2v) is 4.07. The minimum atomic E-state index is -0.268. The molecule has 0 aliphatic carbocycles. The van der Waals surface area contributed by atoms with Crippen LogP contribution in [0.3, 0.4) is 0 Å². The van der Waals surface area contributed by atoms with Crippen LogP contribution < -0.4 is 11.1 Å². The molecule has 3 N–H and O–H groups in total. The van der Waals surface area contributed by atoms with Gasteiger partial charge in [-0.05, 0) is 12.1 Å². The Morgan fingerprint density at radius 1 is 1.53 bits per heavy atom. The SMILES string of the molecule is Nc1cc(C(=O)N2CCNC(=O)C2)cc(Cl)n1. The van der Waals surface area contributed by atoms with E-state index in [2.05, 4.69) is 10.3 Å². The summed E-state index contributed by atoms with van der Waals surface area (Å²) in [6.07, 6.45) is 0. The first-order valence-corrected chi connectivity index (χ1v) is 5.43. The normalized spacial score (nSPS) is 15.6. The predicted octanol–water partition coefficient (Wildman–Crippen LogP) is -0.111. The number of nitrogens with two attached hydrogens (primary N) is 1. The lowest BCUT2D eigenvalue weighted by molar-refractivity contribution is -0.123. The van der Waals surface area contributed by atoms with Crippen LogP contribution in [0.15, 0.2) is 12.1 Å². The van der Waals surface area contributed by atoms with Gasteiger partial charge in [0.25, 0.3) is 5.91 Å². The largest absolute Gasteiger partial charge is 0.384 e. The Balaban J connectivity index is 2.21. The minimum Gasteiger partial charge on any atom is -0.384 e. The molecule has 2 amide bonds. The van der Waals surface area contributed by atoms with Gasteiger partial charge in [0.1, 0.15) is 11.0 Å². The molecule has 2 rings (SSSR count). The number of hydrogen-bond donors (Lipinski definition) is 2. The van der Waals surface area contributed by atoms with Gasteiger partial charge in [-0.2, -0.15) is 0 Å². The zero-order valence-corrected chi connectivity index (χ0v) is 9.70. The first-order valence-electron chi connectivity index (χ1n) is 5.05. The first-order chi connectivity index (χ1) is 8.06. The summed E-state index contributed by atoms with van der Waals surface area (Å²) in [5.41, 5.74) is 5.85. The van der Waals surface area contributed by atoms with Gasteiger partial charge in [-0.15, -0.1) is 0 Å². The lowest BCUT2D eigenvalue weighted by Crippen LogP contribution is -2.49. The van der Waals surface area contributed by atoms with E-state index in [1.807, 2.05) is 0 Å². The van der Waals surface area contributed by atoms with E-state index in [9.17, 15) is 9.59 Å². The highest BCUT2D eigenvalue weighted by molar-refractivity contribution is 6.29. The number of nitrogens with one attached hydrogen (secondary N) is 1. The van der Waals surface area contributed by atoms with Crippen LogP contribution in [0.5, 0.6) is 0 Å². The minimum absolute atomic E-state index is 0.0542. The van der Waals surface area contributed by atoms with Crippen molar-refractivity contribution in [2.75, 3.05) is 25.4 Å². The third-order valence-electron chi connectivity index (χ3n) is 2.39. The molecule has 0 saturated carbocycles. The lowest BCUT2D eigenvalue weighted by atomic mass is 10.2. The number of nitrogen functional groups attached to an aromatic ring is 1. The molecule has 17 heavy (non-hydrogen) atoms. The number of carbonyl (C=O) groups excluding carboxylic acids is 2. The second-order valence-electron chi connectivity index (χ2n) is 3.68. The van der Waals surface area contributed by atoms with Crippen molar-refractivity contribution in [3.8, 4) is 0 Å². The second kappa shape index (κ2) is 4.58. The summed E-state index contributed by atoms with van der Waals surface area (Å²) in [4.78, 5) is 28.4. The molecule has 0 aromatic carbocycles. The van der Waals surface area contributed by atoms with Crippen molar-refractivity contribution in [2.45, 2.75) is 0 Å². The average Bonchev–Trinajstić information content (AvgIpc) is 2.26. The maximum absolute atomic E-state index is 12.1. The number of nitrogens with zero attached hydrogens (tertiary/aromatic N) is 2. The number of aromatic nitrogens is 1. The van der Waals surface area contributed by atoms with Crippen molar-refractivity contribution in [1.29, 1.82) is 0 Å². The molecular weight excluding hydrogens is 244 g/mol. The predicted molar refractivity (Wildman–Crippen MR) is 62.6 cm³/mol. The van der Waals surface area contributed by atoms with E-state index in [1.165, 1.54) is 17.0 Å². The van der Waals surface area contributed by atoms with Crippen LogP contribution in [0.4, 0.5) is 5.82 Å². The summed E-state index contributed by atoms with van der Waals surface area (Å²) in [6.45, 7) is 0.988. The van der Waals surface area contributed by atoms with Crippen LogP contribution in [0.25, 0.3) is 0 Å². The van der Waals surface area contributed by atoms with E-state index >= 15 is 0 Å². The first kappa shape index (κ1) is 11.7. The monoisotopic (exact) mass is 254 g/mol. The van der Waals surface area contributed by atoms with E-state index in [-0.39, 0.29) is 29.3 Å². The van der Waals surface area contributed by atoms with Crippen molar-refractivity contribution in [1.82, 2.24) is 15.2 Å². The summed E-state index contributed by atoms with van der Waals surface area (Å²) in [6, 6.07) is 2.88. The molecule has 0 bridgehead atoms. The molecule has 90 valence electrons. The molecule has 1 aliphatic rings. The van der Waals surface area contributed by atoms with E-state index in [0.29, 0.717) is 18.7 Å². The number of piperazine rings is 1. The molecule has 0 atom stereocenters. The Morgan fingerprint density at radius 3 is 2.94 bits per heavy atom. The van der Waals surface area contributed by atoms with Crippen LogP contribution in [0.1, 0.15) is 10.4 Å². The maximum Gasteiger partial charge on any atom is 0.254 e. The van der Waals surface area contributed by atoms with Gasteiger partial charge in [0.2, 0.25) is 5.91 Å². The fourth-order valence-electron chi connectivity index (χ4n) is 1.64. The number of pyridine rings is 1. The van der Waals surface area contributed by atoms with Gasteiger partial charge in [0.05, 0.1) is 6.54 Å². The Kier molecular flexibility index (Phi) is 3.14. The zero-order chi connectivity index (χ0) is 12.4. The van der Waals surface area contributed by atoms with Crippen LogP contribution in [0.2, 0.25) is 5.15 Å². The van der Waals surface area contributed by atoms with Crippen LogP contribution in [-0.4, -0.2) is 41.3 Å². The third kappa shape index (κ3) is 2.65. The van der Waals surface area contributed by atoms with Crippen molar-refractivity contribution in [3.63, 3.8) is 0 Å². The van der Waals surface area contributed by atoms with E-state index < -0.39 is 0 Å². The Morgan fingerprint density at radius 2 is 2.29 bits per heavy atom. The Hall–Kier alpha value is -1.82. The summed E-state index contributed by atoms with van der Waals surface area (Å²) in [5.74, 6) is -0.254. The number of rotatable bonds is 1. The fraction of sp³-hybridized carbons (Fsp3) is 0.300. The number of amides is 2. The van der Waals surface area contributed by atoms with Gasteiger partial charge < -0.3 is 16.0 Å². The molecule has 6 nitrogen and oxygen atoms in total. The highest BCUT2D eigenvalue weighted by Gasteiger charge is 2.22. The molecule has 1 fully saturated rings. The Bertz CT molecular complexity index is 457. The highest BCUT2D eigenvalue weighted by Crippen LogP contribution is 2.14. The molecule has 0 spiro atoms. The quantitative estimate of drug-likeness (QED) is 0.685. The number of anilines is 1. The van der Waals surface area contributed by atoms with Crippen LogP contribution >= 0.6 is 11.6 Å². The summed E-state index contributed by atoms with van der Waals surface area (Å²) >= 11 is 5.72. The zero-order valence-electron chi connectivity index (χ0n) is 8.94. The molecule has 0 radical (unpaired) electrons. The standard InChI is InChI=1S/C10H11ClN4O2/c11-7-3-6(4-8(12)14-7)10(17)15-2-1-13-9(16)5-15/h3-4H,1-2,5H2,(H2,12,14)(H,13,16). The maximum atomic E-state index is 12.1. The Labute approximate surface area is 103 Å². The van der Waals surface area contributed by atoms with E-state index in [4.69, 9.17) is 17.3 Å². The molecule has 1 aromatic heterocycles. The molecule has 2 heterocycles. The average molecular weight is 255 g/mol. The number of hydrogen-bond acceptors (Lipinski definition) is 4. The molecule has 7 heteroatoms. The van der Waals surface area contributed by atoms with Crippen molar-refractivity contribution < 1.29 is 9.59 Å². The molecule has 0 unspecified atom stereocenters. The number of carbonyl (C=O) groups is 2. The molecule has 1 aromatic rings. The summed E-state index contributed by atoms with van der Waals surface area (Å²) in [7, 11) is 0. The molecular formula is C10H11ClN4O2. The summed E-state index contributed by atoms with van der Waals surface area (Å²) in [5, 5.41) is 2.81. The van der Waals surface area contributed by atoms with E-state index in [0.717, 1.165) is 0 Å². The third-order valence-corrected chi connectivity index (χ3v) is 2.58. The van der Waals surface area contributed by atoms with Gasteiger partial charge in [0, 0.05) is 18.7 Å². The molecule has 1 aliphatic heterocycles. The van der Waals surface area contributed by atoms with Crippen LogP contribution in [-0.2, 0) is 4.79 Å². The fourth-order valence-corrected chi connectivity index (χ4v) is 1.85.